The molecule has 0 saturated heterocycles. The Kier molecular flexibility index (Phi) is 5.44. The third kappa shape index (κ3) is 4.00. The fraction of sp³-hybridized carbons (Fsp3) is 0.0526. The molecule has 3 N–H and O–H groups in total. The highest BCUT2D eigenvalue weighted by Gasteiger charge is 2.39. The van der Waals surface area contributed by atoms with Crippen LogP contribution in [0.25, 0.3) is 22.6 Å². The minimum Gasteiger partial charge on any atom is -0.392 e. The lowest BCUT2D eigenvalue weighted by atomic mass is 10.1. The van der Waals surface area contributed by atoms with Crippen LogP contribution in [0.3, 0.4) is 0 Å². The number of oxazole rings is 1. The maximum Gasteiger partial charge on any atom is 0.446 e. The fourth-order valence-electron chi connectivity index (χ4n) is 2.66. The Morgan fingerprint density at radius 1 is 1.24 bits per heavy atom. The van der Waals surface area contributed by atoms with Gasteiger partial charge in [0.25, 0.3) is 0 Å². The molecule has 150 valence electrons. The summed E-state index contributed by atoms with van der Waals surface area (Å²) >= 11 is 5.94. The van der Waals surface area contributed by atoms with Crippen molar-refractivity contribution in [3.8, 4) is 22.6 Å². The maximum absolute atomic E-state index is 12.1. The van der Waals surface area contributed by atoms with Crippen LogP contribution in [0.15, 0.2) is 70.5 Å². The van der Waals surface area contributed by atoms with Crippen LogP contribution in [0.2, 0.25) is 5.02 Å². The molecule has 1 aromatic heterocycles. The second-order valence-corrected chi connectivity index (χ2v) is 8.19. The number of carbonyl (C=O) groups is 1. The number of hydroxylamine groups is 2. The van der Waals surface area contributed by atoms with E-state index < -0.39 is 20.6 Å². The number of quaternary nitrogens is 1. The summed E-state index contributed by atoms with van der Waals surface area (Å²) in [5.74, 6) is -0.776. The zero-order chi connectivity index (χ0) is 21.4. The summed E-state index contributed by atoms with van der Waals surface area (Å²) in [5.41, 5.74) is 0.849. The van der Waals surface area contributed by atoms with E-state index in [0.717, 1.165) is 13.1 Å². The number of aromatic nitrogens is 1. The van der Waals surface area contributed by atoms with Crippen LogP contribution in [0.4, 0.5) is 6.01 Å². The molecule has 3 rings (SSSR count). The smallest absolute Gasteiger partial charge is 0.392 e. The molecule has 0 fully saturated rings. The lowest BCUT2D eigenvalue weighted by molar-refractivity contribution is -0.153. The highest BCUT2D eigenvalue weighted by atomic mass is 35.5. The number of hydrogen-bond acceptors (Lipinski definition) is 6. The number of sulfonamides is 1. The Morgan fingerprint density at radius 2 is 1.86 bits per heavy atom. The van der Waals surface area contributed by atoms with Crippen molar-refractivity contribution in [2.45, 2.75) is 4.90 Å². The molecule has 0 spiro atoms. The first-order valence-electron chi connectivity index (χ1n) is 8.21. The van der Waals surface area contributed by atoms with E-state index >= 15 is 0 Å². The fourth-order valence-corrected chi connectivity index (χ4v) is 3.52. The van der Waals surface area contributed by atoms with Crippen molar-refractivity contribution in [2.24, 2.45) is 5.14 Å². The van der Waals surface area contributed by atoms with Crippen molar-refractivity contribution in [3.63, 3.8) is 0 Å². The molecule has 2 aromatic carbocycles. The summed E-state index contributed by atoms with van der Waals surface area (Å²) < 4.78 is 28.5. The largest absolute Gasteiger partial charge is 0.446 e. The van der Waals surface area contributed by atoms with Crippen LogP contribution in [0.5, 0.6) is 0 Å². The van der Waals surface area contributed by atoms with E-state index in [0.29, 0.717) is 10.6 Å². The number of nitrogens with two attached hydrogens (primary N) is 1. The van der Waals surface area contributed by atoms with Gasteiger partial charge in [0.15, 0.2) is 5.76 Å². The molecule has 1 atom stereocenters. The second-order valence-electron chi connectivity index (χ2n) is 6.22. The van der Waals surface area contributed by atoms with Crippen LogP contribution in [-0.2, 0) is 14.8 Å². The van der Waals surface area contributed by atoms with E-state index in [4.69, 9.17) is 21.2 Å². The third-order valence-corrected chi connectivity index (χ3v) is 5.37. The molecular weight excluding hydrogens is 418 g/mol. The Labute approximate surface area is 172 Å². The monoisotopic (exact) mass is 434 g/mol. The Morgan fingerprint density at radius 3 is 2.45 bits per heavy atom. The quantitative estimate of drug-likeness (QED) is 0.274. The molecule has 1 amide bonds. The van der Waals surface area contributed by atoms with Crippen LogP contribution in [0, 0.1) is 0 Å². The first-order valence-corrected chi connectivity index (χ1v) is 10.1. The molecule has 8 nitrogen and oxygen atoms in total. The summed E-state index contributed by atoms with van der Waals surface area (Å²) in [6.07, 6.45) is 0.921. The van der Waals surface area contributed by atoms with Crippen molar-refractivity contribution >= 4 is 33.5 Å². The zero-order valence-electron chi connectivity index (χ0n) is 15.2. The van der Waals surface area contributed by atoms with Crippen LogP contribution >= 0.6 is 11.6 Å². The van der Waals surface area contributed by atoms with Crippen LogP contribution in [0.1, 0.15) is 0 Å². The summed E-state index contributed by atoms with van der Waals surface area (Å²) in [6, 6.07) is 12.1. The average molecular weight is 435 g/mol. The van der Waals surface area contributed by atoms with Gasteiger partial charge in [-0.15, -0.1) is 0 Å². The van der Waals surface area contributed by atoms with Gasteiger partial charge >= 0.3 is 11.9 Å². The Hall–Kier alpha value is -2.82. The van der Waals surface area contributed by atoms with Gasteiger partial charge in [0.2, 0.25) is 10.0 Å². The van der Waals surface area contributed by atoms with Gasteiger partial charge in [0.1, 0.15) is 12.7 Å². The topological polar surface area (TPSA) is 123 Å². The normalized spacial score (nSPS) is 13.7. The minimum atomic E-state index is -4.09. The molecular formula is C19H17ClN3O5S+. The number of nitrogens with zero attached hydrogens (tertiary/aromatic N) is 2. The molecule has 0 aliphatic carbocycles. The molecule has 0 radical (unpaired) electrons. The highest BCUT2D eigenvalue weighted by molar-refractivity contribution is 7.89. The predicted octanol–water partition coefficient (Wildman–Crippen LogP) is 3.35. The molecule has 29 heavy (non-hydrogen) atoms. The lowest BCUT2D eigenvalue weighted by Crippen LogP contribution is -2.46. The van der Waals surface area contributed by atoms with Gasteiger partial charge in [-0.3, -0.25) is 0 Å². The molecule has 0 aliphatic rings. The minimum absolute atomic E-state index is 0.0159. The molecule has 0 bridgehead atoms. The van der Waals surface area contributed by atoms with Crippen LogP contribution < -0.4 is 9.79 Å². The summed E-state index contributed by atoms with van der Waals surface area (Å²) in [4.78, 5) is 16.1. The summed E-state index contributed by atoms with van der Waals surface area (Å²) in [7, 11) is -2.94. The zero-order valence-corrected chi connectivity index (χ0v) is 16.8. The summed E-state index contributed by atoms with van der Waals surface area (Å²) in [6.45, 7) is 3.35. The number of halogens is 1. The molecule has 1 heterocycles. The van der Waals surface area contributed by atoms with Gasteiger partial charge in [-0.25, -0.2) is 18.4 Å². The van der Waals surface area contributed by atoms with Gasteiger partial charge in [0.05, 0.1) is 4.90 Å². The first kappa shape index (κ1) is 20.9. The number of benzene rings is 2. The summed E-state index contributed by atoms with van der Waals surface area (Å²) in [5, 5.41) is 16.4. The maximum atomic E-state index is 12.1. The van der Waals surface area contributed by atoms with E-state index in [1.165, 1.54) is 18.2 Å². The SMILES string of the molecule is C=CC(=O)[N+](C)(O)c1nc(-c2ccc(Cl)cc2)c(-c2ccccc2S(N)(=O)=O)o1. The van der Waals surface area contributed by atoms with Gasteiger partial charge < -0.3 is 4.42 Å². The second kappa shape index (κ2) is 7.54. The number of carbonyl (C=O) groups excluding carboxylic acids is 1. The lowest BCUT2D eigenvalue weighted by Gasteiger charge is -2.14. The van der Waals surface area contributed by atoms with Gasteiger partial charge in [0, 0.05) is 22.2 Å². The van der Waals surface area contributed by atoms with Crippen molar-refractivity contribution in [3.05, 3.63) is 66.2 Å². The van der Waals surface area contributed by atoms with Crippen molar-refractivity contribution in [2.75, 3.05) is 7.05 Å². The average Bonchev–Trinajstić information content (AvgIpc) is 3.13. The van der Waals surface area contributed by atoms with Crippen molar-refractivity contribution in [1.82, 2.24) is 9.63 Å². The molecule has 0 aliphatic heterocycles. The standard InChI is InChI=1S/C19H17ClN3O5S/c1-3-16(24)23(2,25)19-22-17(12-8-10-13(20)11-9-12)18(28-19)14-6-4-5-7-15(14)29(21,26)27/h3-11,25H,1H2,2H3,(H2,21,26,27)/q+1. The van der Waals surface area contributed by atoms with E-state index in [-0.39, 0.29) is 27.9 Å². The number of primary sulfonamides is 1. The highest BCUT2D eigenvalue weighted by Crippen LogP contribution is 2.39. The van der Waals surface area contributed by atoms with Crippen molar-refractivity contribution < 1.29 is 22.8 Å². The number of hydrogen-bond donors (Lipinski definition) is 2. The first-order chi connectivity index (χ1) is 13.6. The number of amides is 1. The van der Waals surface area contributed by atoms with E-state index in [9.17, 15) is 18.4 Å². The molecule has 10 heteroatoms. The van der Waals surface area contributed by atoms with Gasteiger partial charge in [-0.2, -0.15) is 10.2 Å². The molecule has 3 aromatic rings. The molecule has 0 saturated carbocycles. The molecule has 1 unspecified atom stereocenters. The van der Waals surface area contributed by atoms with E-state index in [2.05, 4.69) is 11.6 Å². The van der Waals surface area contributed by atoms with E-state index in [1.807, 2.05) is 0 Å². The van der Waals surface area contributed by atoms with Gasteiger partial charge in [-0.05, 0) is 28.9 Å². The predicted molar refractivity (Wildman–Crippen MR) is 108 cm³/mol. The Bertz CT molecular complexity index is 1200. The van der Waals surface area contributed by atoms with Gasteiger partial charge in [-0.1, -0.05) is 42.4 Å². The van der Waals surface area contributed by atoms with Crippen LogP contribution in [-0.4, -0.2) is 31.6 Å². The number of likely N-dealkylation sites (N-methyl/N-ethyl adjacent to an activating group) is 1. The van der Waals surface area contributed by atoms with Crippen molar-refractivity contribution in [1.29, 1.82) is 0 Å². The Balaban J connectivity index is 2.33. The number of rotatable bonds is 5. The van der Waals surface area contributed by atoms with E-state index in [1.54, 1.807) is 30.3 Å². The third-order valence-electron chi connectivity index (χ3n) is 4.15.